The molecule has 6 heteroatoms. The molecule has 1 saturated carbocycles. The molecule has 1 aromatic heterocycles. The Kier molecular flexibility index (Phi) is 7.13. The summed E-state index contributed by atoms with van der Waals surface area (Å²) in [6.45, 7) is 3.30. The molecule has 1 fully saturated rings. The van der Waals surface area contributed by atoms with Crippen molar-refractivity contribution < 1.29 is 4.74 Å². The van der Waals surface area contributed by atoms with Crippen molar-refractivity contribution in [1.29, 1.82) is 0 Å². The lowest BCUT2D eigenvalue weighted by Gasteiger charge is -2.17. The second-order valence-electron chi connectivity index (χ2n) is 6.10. The Morgan fingerprint density at radius 2 is 2.22 bits per heavy atom. The van der Waals surface area contributed by atoms with E-state index in [0.29, 0.717) is 6.54 Å². The van der Waals surface area contributed by atoms with Gasteiger partial charge in [0.05, 0.1) is 0 Å². The van der Waals surface area contributed by atoms with Gasteiger partial charge in [-0.1, -0.05) is 6.07 Å². The Bertz CT molecular complexity index is 500. The molecule has 23 heavy (non-hydrogen) atoms. The van der Waals surface area contributed by atoms with Crippen molar-refractivity contribution in [3.05, 3.63) is 23.9 Å². The molecule has 0 aromatic carbocycles. The van der Waals surface area contributed by atoms with Crippen molar-refractivity contribution in [2.24, 2.45) is 10.9 Å². The molecular formula is C17H29N5O. The lowest BCUT2D eigenvalue weighted by atomic mass is 10.2. The zero-order chi connectivity index (χ0) is 16.5. The molecule has 0 bridgehead atoms. The van der Waals surface area contributed by atoms with Gasteiger partial charge < -0.3 is 20.3 Å². The lowest BCUT2D eigenvalue weighted by Crippen LogP contribution is -2.37. The van der Waals surface area contributed by atoms with Crippen LogP contribution in [0.2, 0.25) is 0 Å². The summed E-state index contributed by atoms with van der Waals surface area (Å²) in [4.78, 5) is 10.7. The van der Waals surface area contributed by atoms with Gasteiger partial charge in [-0.2, -0.15) is 0 Å². The van der Waals surface area contributed by atoms with Crippen LogP contribution < -0.4 is 15.5 Å². The number of aliphatic imine (C=N–C) groups is 1. The third-order valence-corrected chi connectivity index (χ3v) is 3.77. The molecule has 2 N–H and O–H groups in total. The largest absolute Gasteiger partial charge is 0.381 e. The average Bonchev–Trinajstić information content (AvgIpc) is 3.38. The van der Waals surface area contributed by atoms with E-state index in [0.717, 1.165) is 49.4 Å². The number of pyridine rings is 1. The molecular weight excluding hydrogens is 290 g/mol. The van der Waals surface area contributed by atoms with E-state index in [-0.39, 0.29) is 0 Å². The summed E-state index contributed by atoms with van der Waals surface area (Å²) in [5.41, 5.74) is 1.15. The molecule has 0 amide bonds. The Balaban J connectivity index is 1.66. The number of anilines is 1. The quantitative estimate of drug-likeness (QED) is 0.411. The molecule has 0 unspecified atom stereocenters. The SMILES string of the molecule is CN=C(NCCCOCC1CC1)NCc1cccnc1N(C)C. The molecule has 1 aliphatic carbocycles. The molecule has 0 atom stereocenters. The van der Waals surface area contributed by atoms with Crippen molar-refractivity contribution in [3.8, 4) is 0 Å². The van der Waals surface area contributed by atoms with Crippen molar-refractivity contribution in [3.63, 3.8) is 0 Å². The number of rotatable bonds is 9. The lowest BCUT2D eigenvalue weighted by molar-refractivity contribution is 0.123. The topological polar surface area (TPSA) is 61.8 Å². The summed E-state index contributed by atoms with van der Waals surface area (Å²) in [7, 11) is 5.79. The first-order valence-electron chi connectivity index (χ1n) is 8.34. The van der Waals surface area contributed by atoms with Crippen LogP contribution in [0.4, 0.5) is 5.82 Å². The Labute approximate surface area is 139 Å². The van der Waals surface area contributed by atoms with Crippen LogP contribution >= 0.6 is 0 Å². The van der Waals surface area contributed by atoms with Gasteiger partial charge in [0.1, 0.15) is 5.82 Å². The first-order valence-corrected chi connectivity index (χ1v) is 8.34. The molecule has 0 saturated heterocycles. The monoisotopic (exact) mass is 319 g/mol. The first-order chi connectivity index (χ1) is 11.2. The summed E-state index contributed by atoms with van der Waals surface area (Å²) < 4.78 is 5.63. The zero-order valence-electron chi connectivity index (χ0n) is 14.5. The van der Waals surface area contributed by atoms with Crippen molar-refractivity contribution in [2.75, 3.05) is 45.8 Å². The summed E-state index contributed by atoms with van der Waals surface area (Å²) >= 11 is 0. The maximum Gasteiger partial charge on any atom is 0.191 e. The van der Waals surface area contributed by atoms with Gasteiger partial charge in [-0.15, -0.1) is 0 Å². The maximum atomic E-state index is 5.63. The van der Waals surface area contributed by atoms with E-state index >= 15 is 0 Å². The van der Waals surface area contributed by atoms with E-state index in [1.165, 1.54) is 12.8 Å². The van der Waals surface area contributed by atoms with Crippen LogP contribution in [-0.2, 0) is 11.3 Å². The standard InChI is InChI=1S/C17H29N5O/c1-18-17(20-10-5-11-23-13-14-7-8-14)21-12-15-6-4-9-19-16(15)22(2)3/h4,6,9,14H,5,7-8,10-13H2,1-3H3,(H2,18,20,21). The fourth-order valence-electron chi connectivity index (χ4n) is 2.29. The Morgan fingerprint density at radius 3 is 2.91 bits per heavy atom. The molecule has 2 rings (SSSR count). The molecule has 128 valence electrons. The van der Waals surface area contributed by atoms with E-state index in [2.05, 4.69) is 26.7 Å². The third-order valence-electron chi connectivity index (χ3n) is 3.77. The van der Waals surface area contributed by atoms with Crippen LogP contribution in [0.25, 0.3) is 0 Å². The minimum Gasteiger partial charge on any atom is -0.381 e. The van der Waals surface area contributed by atoms with E-state index in [1.54, 1.807) is 7.05 Å². The fraction of sp³-hybridized carbons (Fsp3) is 0.647. The molecule has 0 radical (unpaired) electrons. The number of guanidine groups is 1. The molecule has 0 aliphatic heterocycles. The second kappa shape index (κ2) is 9.35. The molecule has 0 spiro atoms. The van der Waals surface area contributed by atoms with Crippen LogP contribution in [0.1, 0.15) is 24.8 Å². The first kappa shape index (κ1) is 17.5. The normalized spacial score (nSPS) is 14.7. The third kappa shape index (κ3) is 6.44. The van der Waals surface area contributed by atoms with Gasteiger partial charge in [0.25, 0.3) is 0 Å². The van der Waals surface area contributed by atoms with Crippen molar-refractivity contribution in [2.45, 2.75) is 25.8 Å². The van der Waals surface area contributed by atoms with Gasteiger partial charge in [-0.25, -0.2) is 4.98 Å². The molecule has 1 heterocycles. The number of hydrogen-bond donors (Lipinski definition) is 2. The number of nitrogens with one attached hydrogen (secondary N) is 2. The smallest absolute Gasteiger partial charge is 0.191 e. The van der Waals surface area contributed by atoms with Crippen molar-refractivity contribution in [1.82, 2.24) is 15.6 Å². The van der Waals surface area contributed by atoms with E-state index < -0.39 is 0 Å². The summed E-state index contributed by atoms with van der Waals surface area (Å²) in [6, 6.07) is 4.03. The van der Waals surface area contributed by atoms with E-state index in [1.807, 2.05) is 31.3 Å². The van der Waals surface area contributed by atoms with E-state index in [9.17, 15) is 0 Å². The highest BCUT2D eigenvalue weighted by Crippen LogP contribution is 2.28. The minimum absolute atomic E-state index is 0.694. The predicted molar refractivity (Wildman–Crippen MR) is 94.9 cm³/mol. The predicted octanol–water partition coefficient (Wildman–Crippen LogP) is 1.63. The summed E-state index contributed by atoms with van der Waals surface area (Å²) in [5, 5.41) is 6.65. The molecule has 1 aromatic rings. The molecule has 1 aliphatic rings. The molecule has 6 nitrogen and oxygen atoms in total. The average molecular weight is 319 g/mol. The summed E-state index contributed by atoms with van der Waals surface area (Å²) in [6.07, 6.45) is 5.49. The van der Waals surface area contributed by atoms with Crippen molar-refractivity contribution >= 4 is 11.8 Å². The van der Waals surface area contributed by atoms with Gasteiger partial charge in [0.2, 0.25) is 0 Å². The number of aromatic nitrogens is 1. The highest BCUT2D eigenvalue weighted by Gasteiger charge is 2.20. The van der Waals surface area contributed by atoms with E-state index in [4.69, 9.17) is 4.74 Å². The maximum absolute atomic E-state index is 5.63. The van der Waals surface area contributed by atoms with Gasteiger partial charge >= 0.3 is 0 Å². The zero-order valence-corrected chi connectivity index (χ0v) is 14.5. The number of nitrogens with zero attached hydrogens (tertiary/aromatic N) is 3. The fourth-order valence-corrected chi connectivity index (χ4v) is 2.29. The minimum atomic E-state index is 0.694. The van der Waals surface area contributed by atoms with Crippen LogP contribution in [0.3, 0.4) is 0 Å². The summed E-state index contributed by atoms with van der Waals surface area (Å²) in [5.74, 6) is 2.62. The number of hydrogen-bond acceptors (Lipinski definition) is 4. The van der Waals surface area contributed by atoms with Crippen LogP contribution in [0.5, 0.6) is 0 Å². The second-order valence-corrected chi connectivity index (χ2v) is 6.10. The van der Waals surface area contributed by atoms with Crippen LogP contribution in [0.15, 0.2) is 23.3 Å². The Hall–Kier alpha value is -1.82. The van der Waals surface area contributed by atoms with Gasteiger partial charge in [-0.3, -0.25) is 4.99 Å². The van der Waals surface area contributed by atoms with Crippen LogP contribution in [0, 0.1) is 5.92 Å². The van der Waals surface area contributed by atoms with Crippen LogP contribution in [-0.4, -0.2) is 51.8 Å². The van der Waals surface area contributed by atoms with Gasteiger partial charge in [0, 0.05) is 59.2 Å². The number of ether oxygens (including phenoxy) is 1. The van der Waals surface area contributed by atoms with Gasteiger partial charge in [-0.05, 0) is 31.2 Å². The highest BCUT2D eigenvalue weighted by molar-refractivity contribution is 5.79. The van der Waals surface area contributed by atoms with Gasteiger partial charge in [0.15, 0.2) is 5.96 Å². The highest BCUT2D eigenvalue weighted by atomic mass is 16.5. The Morgan fingerprint density at radius 1 is 1.39 bits per heavy atom.